The summed E-state index contributed by atoms with van der Waals surface area (Å²) in [6.07, 6.45) is -70.2. The van der Waals surface area contributed by atoms with Crippen molar-refractivity contribution in [1.82, 2.24) is 0 Å². The summed E-state index contributed by atoms with van der Waals surface area (Å²) >= 11 is 0. The molecule has 21 fully saturated rings. The Kier molecular flexibility index (Phi) is 26.3. The minimum Gasteiger partial charge on any atom is -1.00 e. The standard InChI is InChI=1S/C42H70O35.Na.H2O4S.H/c43-1-8-29-15(50)22(57)36(64-8)72-30-9(2-44)66-38(24(59)17(30)52)74-32-11(4-46)68-40(26(61)19(32)54)76-34-13(6-48)70-42(28(63)21(34)56)77-35-14(7-49)69-41(27(62)20(35)55)75-33-12(5-47)67-39(25(60)18(33)53)73-31-10(3-45)65-37(71-29)23(58)16(31)51;;1-5(2,3)4;/h8-63H,1-7H2;;(H2,1,2,3,4);/q;+1;;-1/t8-,9-,10-,11-,12-,13-,14-,15-,16-,17-,18-,19-,20-,21-,22-,23-,24-,25-,26-,27-,28-,29-,30-,31-,32-,33-,34-,35-,36-,37-,38-,39-,40-,41-,42-;;;/m1.../s1. The van der Waals surface area contributed by atoms with Crippen molar-refractivity contribution in [2.75, 3.05) is 46.2 Å². The van der Waals surface area contributed by atoms with Crippen molar-refractivity contribution in [1.29, 1.82) is 0 Å². The number of aliphatic hydroxyl groups is 21. The molecule has 0 radical (unpaired) electrons. The van der Waals surface area contributed by atoms with Crippen LogP contribution in [-0.4, -0.2) is 386 Å². The molecule has 14 bridgehead atoms. The maximum Gasteiger partial charge on any atom is 1.00 e. The zero-order chi connectivity index (χ0) is 60.6. The van der Waals surface area contributed by atoms with Crippen LogP contribution in [0.3, 0.4) is 0 Å². The Hall–Kier alpha value is -0.530. The van der Waals surface area contributed by atoms with Gasteiger partial charge in [-0.1, -0.05) is 0 Å². The molecule has 0 spiro atoms. The van der Waals surface area contributed by atoms with E-state index in [9.17, 15) is 107 Å². The quantitative estimate of drug-likeness (QED) is 0.0831. The van der Waals surface area contributed by atoms with E-state index in [2.05, 4.69) is 0 Å². The zero-order valence-electron chi connectivity index (χ0n) is 44.4. The second kappa shape index (κ2) is 30.5. The molecule has 21 aliphatic heterocycles. The van der Waals surface area contributed by atoms with E-state index in [1.54, 1.807) is 0 Å². The molecule has 41 heteroatoms. The summed E-state index contributed by atoms with van der Waals surface area (Å²) in [7, 11) is -4.67. The fourth-order valence-electron chi connectivity index (χ4n) is 10.4. The molecule has 21 aliphatic rings. The molecule has 0 aromatic heterocycles. The summed E-state index contributed by atoms with van der Waals surface area (Å²) in [5, 5.41) is 230. The van der Waals surface area contributed by atoms with Crippen LogP contribution < -0.4 is 29.6 Å². The third-order valence-electron chi connectivity index (χ3n) is 14.8. The van der Waals surface area contributed by atoms with Crippen molar-refractivity contribution in [3.63, 3.8) is 0 Å². The van der Waals surface area contributed by atoms with Crippen LogP contribution in [0, 0.1) is 0 Å². The van der Waals surface area contributed by atoms with Crippen molar-refractivity contribution in [2.45, 2.75) is 215 Å². The van der Waals surface area contributed by atoms with E-state index in [1.807, 2.05) is 0 Å². The fraction of sp³-hybridized carbons (Fsp3) is 1.00. The Morgan fingerprint density at radius 1 is 0.229 bits per heavy atom. The predicted molar refractivity (Wildman–Crippen MR) is 244 cm³/mol. The van der Waals surface area contributed by atoms with Crippen molar-refractivity contribution < 1.29 is 222 Å². The van der Waals surface area contributed by atoms with Crippen LogP contribution in [0.2, 0.25) is 0 Å². The molecular formula is C42H73NaO39S. The molecule has 0 aliphatic carbocycles. The maximum absolute atomic E-state index is 11.3. The molecule has 482 valence electrons. The summed E-state index contributed by atoms with van der Waals surface area (Å²) in [5.74, 6) is 0. The topological polar surface area (TPSA) is 629 Å². The minimum atomic E-state index is -4.67. The Labute approximate surface area is 491 Å². The molecule has 21 heterocycles. The fourth-order valence-corrected chi connectivity index (χ4v) is 10.4. The number of aliphatic hydroxyl groups excluding tert-OH is 21. The molecule has 0 saturated carbocycles. The van der Waals surface area contributed by atoms with Crippen LogP contribution in [0.5, 0.6) is 0 Å². The van der Waals surface area contributed by atoms with Crippen LogP contribution >= 0.6 is 0 Å². The molecule has 0 amide bonds. The summed E-state index contributed by atoms with van der Waals surface area (Å²) < 4.78 is 111. The van der Waals surface area contributed by atoms with Gasteiger partial charge in [0.05, 0.1) is 46.2 Å². The molecule has 21 rings (SSSR count). The molecule has 39 nitrogen and oxygen atoms in total. The van der Waals surface area contributed by atoms with Gasteiger partial charge in [0.25, 0.3) is 0 Å². The van der Waals surface area contributed by atoms with Crippen LogP contribution in [-0.2, 0) is 76.7 Å². The van der Waals surface area contributed by atoms with Gasteiger partial charge in [-0.2, -0.15) is 8.42 Å². The van der Waals surface area contributed by atoms with Crippen molar-refractivity contribution >= 4 is 10.4 Å². The monoisotopic (exact) mass is 1260 g/mol. The van der Waals surface area contributed by atoms with Crippen molar-refractivity contribution in [2.24, 2.45) is 0 Å². The van der Waals surface area contributed by atoms with E-state index >= 15 is 0 Å². The Morgan fingerprint density at radius 2 is 0.325 bits per heavy atom. The number of hydrogen-bond donors (Lipinski definition) is 23. The van der Waals surface area contributed by atoms with Gasteiger partial charge in [0, 0.05) is 0 Å². The van der Waals surface area contributed by atoms with Gasteiger partial charge in [-0.3, -0.25) is 9.11 Å². The number of hydrogen-bond acceptors (Lipinski definition) is 37. The third kappa shape index (κ3) is 15.6. The Balaban J connectivity index is 0.00000177. The summed E-state index contributed by atoms with van der Waals surface area (Å²) in [4.78, 5) is 0. The van der Waals surface area contributed by atoms with E-state index in [0.29, 0.717) is 0 Å². The average molecular weight is 1260 g/mol. The first kappa shape index (κ1) is 71.5. The van der Waals surface area contributed by atoms with E-state index in [4.69, 9.17) is 83.8 Å². The van der Waals surface area contributed by atoms with Gasteiger partial charge in [-0.15, -0.1) is 0 Å². The van der Waals surface area contributed by atoms with Gasteiger partial charge in [-0.25, -0.2) is 0 Å². The van der Waals surface area contributed by atoms with Crippen LogP contribution in [0.15, 0.2) is 0 Å². The smallest absolute Gasteiger partial charge is 1.00 e. The second-order valence-corrected chi connectivity index (χ2v) is 21.0. The normalized spacial score (nSPS) is 52.1. The van der Waals surface area contributed by atoms with Gasteiger partial charge in [0.15, 0.2) is 44.0 Å². The molecular weight excluding hydrogens is 1180 g/mol. The first-order valence-corrected chi connectivity index (χ1v) is 26.7. The summed E-state index contributed by atoms with van der Waals surface area (Å²) in [5.41, 5.74) is 0. The number of rotatable bonds is 7. The maximum atomic E-state index is 11.3. The first-order chi connectivity index (χ1) is 38.7. The van der Waals surface area contributed by atoms with Gasteiger partial charge in [-0.05, 0) is 0 Å². The molecule has 0 unspecified atom stereocenters. The summed E-state index contributed by atoms with van der Waals surface area (Å²) in [6, 6.07) is 0. The summed E-state index contributed by atoms with van der Waals surface area (Å²) in [6.45, 7) is -7.33. The second-order valence-electron chi connectivity index (χ2n) is 20.1. The van der Waals surface area contributed by atoms with E-state index in [0.717, 1.165) is 0 Å². The van der Waals surface area contributed by atoms with E-state index < -0.39 is 272 Å². The van der Waals surface area contributed by atoms with E-state index in [-0.39, 0.29) is 31.0 Å². The number of ether oxygens (including phenoxy) is 14. The van der Waals surface area contributed by atoms with Crippen LogP contribution in [0.25, 0.3) is 0 Å². The molecule has 23 N–H and O–H groups in total. The van der Waals surface area contributed by atoms with Crippen molar-refractivity contribution in [3.8, 4) is 0 Å². The van der Waals surface area contributed by atoms with Gasteiger partial charge in [0.2, 0.25) is 0 Å². The van der Waals surface area contributed by atoms with Gasteiger partial charge in [0.1, 0.15) is 171 Å². The molecule has 0 aromatic carbocycles. The average Bonchev–Trinajstić information content (AvgIpc) is 1.57. The largest absolute Gasteiger partial charge is 1.00 e. The third-order valence-corrected chi connectivity index (χ3v) is 14.8. The van der Waals surface area contributed by atoms with Crippen molar-refractivity contribution in [3.05, 3.63) is 0 Å². The van der Waals surface area contributed by atoms with Crippen LogP contribution in [0.4, 0.5) is 0 Å². The Morgan fingerprint density at radius 3 is 0.410 bits per heavy atom. The van der Waals surface area contributed by atoms with Gasteiger partial charge < -0.3 is 175 Å². The van der Waals surface area contributed by atoms with E-state index in [1.165, 1.54) is 0 Å². The van der Waals surface area contributed by atoms with Gasteiger partial charge >= 0.3 is 40.0 Å². The molecule has 0 aromatic rings. The van der Waals surface area contributed by atoms with Crippen LogP contribution in [0.1, 0.15) is 1.43 Å². The predicted octanol–water partition coefficient (Wildman–Crippen LogP) is -18.8. The SMILES string of the molecule is O=S(=O)(O)O.OC[C@H]1O[C@@H]2O[C@H]3[C@H](O)[C@@H](O)[C@@H](O[C@H]4[C@H](O)[C@@H](O)[C@@H](O[C@H]5[C@H](O)[C@@H](O)[C@@H](O[C@H]6[C@H](O)[C@@H](O)[C@@H](O[C@H]7[C@H](O)[C@@H](O)[C@@H](O[C@H]8[C@H](O)[C@@H](O)[C@@H](O[C@H]1[C@H](O)[C@H]2O)O[C@@H]8CO)O[C@@H]7CO)O[C@@H]6CO)O[C@@H]5CO)O[C@@H]4CO)O[C@@H]3CO.[H-].[Na+]. The molecule has 35 atom stereocenters. The first-order valence-electron chi connectivity index (χ1n) is 25.3. The minimum absolute atomic E-state index is 0. The molecule has 83 heavy (non-hydrogen) atoms. The zero-order valence-corrected chi connectivity index (χ0v) is 46.2. The molecule has 21 saturated heterocycles. The Bertz CT molecular complexity index is 1720.